The van der Waals surface area contributed by atoms with E-state index in [1.807, 2.05) is 6.92 Å². The zero-order valence-corrected chi connectivity index (χ0v) is 11.5. The van der Waals surface area contributed by atoms with E-state index >= 15 is 0 Å². The van der Waals surface area contributed by atoms with Crippen LogP contribution >= 0.6 is 23.3 Å². The zero-order valence-electron chi connectivity index (χ0n) is 9.88. The van der Waals surface area contributed by atoms with Gasteiger partial charge in [0.15, 0.2) is 4.34 Å². The highest BCUT2D eigenvalue weighted by atomic mass is 32.2. The molecule has 0 amide bonds. The van der Waals surface area contributed by atoms with Crippen LogP contribution in [0.25, 0.3) is 0 Å². The van der Waals surface area contributed by atoms with Gasteiger partial charge in [0, 0.05) is 12.6 Å². The SMILES string of the molecule is CCc1nsc(Sc2nccc(C)c2C(=O)O)n1. The summed E-state index contributed by atoms with van der Waals surface area (Å²) in [7, 11) is 0. The Morgan fingerprint density at radius 3 is 2.94 bits per heavy atom. The normalized spacial score (nSPS) is 10.6. The van der Waals surface area contributed by atoms with E-state index in [1.54, 1.807) is 19.2 Å². The fourth-order valence-electron chi connectivity index (χ4n) is 1.38. The fraction of sp³-hybridized carbons (Fsp3) is 0.273. The van der Waals surface area contributed by atoms with Crippen molar-refractivity contribution in [3.63, 3.8) is 0 Å². The highest BCUT2D eigenvalue weighted by Crippen LogP contribution is 2.31. The van der Waals surface area contributed by atoms with Gasteiger partial charge in [0.05, 0.1) is 5.56 Å². The first-order chi connectivity index (χ1) is 8.61. The van der Waals surface area contributed by atoms with Crippen LogP contribution in [-0.2, 0) is 6.42 Å². The lowest BCUT2D eigenvalue weighted by molar-refractivity contribution is 0.0691. The van der Waals surface area contributed by atoms with Crippen molar-refractivity contribution in [2.45, 2.75) is 29.6 Å². The largest absolute Gasteiger partial charge is 0.478 e. The van der Waals surface area contributed by atoms with Crippen molar-refractivity contribution in [3.05, 3.63) is 29.2 Å². The van der Waals surface area contributed by atoms with Crippen LogP contribution in [0, 0.1) is 6.92 Å². The molecule has 94 valence electrons. The van der Waals surface area contributed by atoms with E-state index in [4.69, 9.17) is 0 Å². The fourth-order valence-corrected chi connectivity index (χ4v) is 3.15. The lowest BCUT2D eigenvalue weighted by Crippen LogP contribution is -2.03. The van der Waals surface area contributed by atoms with Gasteiger partial charge in [0.1, 0.15) is 10.9 Å². The Kier molecular flexibility index (Phi) is 3.93. The predicted molar refractivity (Wildman–Crippen MR) is 69.3 cm³/mol. The monoisotopic (exact) mass is 281 g/mol. The van der Waals surface area contributed by atoms with Gasteiger partial charge in [-0.05, 0) is 41.8 Å². The van der Waals surface area contributed by atoms with E-state index in [2.05, 4.69) is 14.3 Å². The minimum atomic E-state index is -0.969. The number of aryl methyl sites for hydroxylation is 2. The summed E-state index contributed by atoms with van der Waals surface area (Å²) in [5.74, 6) is -0.199. The molecule has 0 saturated heterocycles. The van der Waals surface area contributed by atoms with Gasteiger partial charge in [-0.1, -0.05) is 6.92 Å². The lowest BCUT2D eigenvalue weighted by atomic mass is 10.2. The summed E-state index contributed by atoms with van der Waals surface area (Å²) in [5.41, 5.74) is 0.927. The quantitative estimate of drug-likeness (QED) is 0.928. The van der Waals surface area contributed by atoms with Crippen molar-refractivity contribution in [2.75, 3.05) is 0 Å². The summed E-state index contributed by atoms with van der Waals surface area (Å²) in [4.78, 5) is 19.6. The summed E-state index contributed by atoms with van der Waals surface area (Å²) in [6.45, 7) is 3.73. The van der Waals surface area contributed by atoms with E-state index in [-0.39, 0.29) is 5.56 Å². The molecule has 0 aliphatic heterocycles. The van der Waals surface area contributed by atoms with E-state index < -0.39 is 5.97 Å². The molecular formula is C11H11N3O2S2. The smallest absolute Gasteiger partial charge is 0.338 e. The van der Waals surface area contributed by atoms with Gasteiger partial charge < -0.3 is 5.11 Å². The number of aromatic nitrogens is 3. The van der Waals surface area contributed by atoms with E-state index in [0.29, 0.717) is 14.9 Å². The maximum atomic E-state index is 11.2. The summed E-state index contributed by atoms with van der Waals surface area (Å²) in [6, 6.07) is 1.69. The number of aromatic carboxylic acids is 1. The molecule has 2 heterocycles. The predicted octanol–water partition coefficient (Wildman–Crippen LogP) is 2.65. The molecule has 7 heteroatoms. The Morgan fingerprint density at radius 1 is 1.56 bits per heavy atom. The summed E-state index contributed by atoms with van der Waals surface area (Å²) in [6.07, 6.45) is 2.37. The first-order valence-electron chi connectivity index (χ1n) is 5.31. The zero-order chi connectivity index (χ0) is 13.1. The summed E-state index contributed by atoms with van der Waals surface area (Å²) in [5, 5.41) is 9.65. The molecule has 0 aliphatic rings. The van der Waals surface area contributed by atoms with Crippen LogP contribution in [0.5, 0.6) is 0 Å². The standard InChI is InChI=1S/C11H11N3O2S2/c1-3-7-13-11(18-14-7)17-9-8(10(15)16)6(2)4-5-12-9/h4-5H,3H2,1-2H3,(H,15,16). The Bertz CT molecular complexity index is 583. The van der Waals surface area contributed by atoms with Crippen LogP contribution in [0.2, 0.25) is 0 Å². The van der Waals surface area contributed by atoms with Gasteiger partial charge in [-0.25, -0.2) is 14.8 Å². The molecule has 0 atom stereocenters. The molecule has 0 aliphatic carbocycles. The molecule has 0 unspecified atom stereocenters. The first kappa shape index (κ1) is 13.0. The van der Waals surface area contributed by atoms with E-state index in [0.717, 1.165) is 12.2 Å². The molecule has 0 radical (unpaired) electrons. The maximum Gasteiger partial charge on any atom is 0.338 e. The highest BCUT2D eigenvalue weighted by Gasteiger charge is 2.17. The molecular weight excluding hydrogens is 270 g/mol. The van der Waals surface area contributed by atoms with Gasteiger partial charge in [-0.2, -0.15) is 4.37 Å². The number of rotatable bonds is 4. The lowest BCUT2D eigenvalue weighted by Gasteiger charge is -2.04. The molecule has 0 spiro atoms. The van der Waals surface area contributed by atoms with Crippen LogP contribution in [-0.4, -0.2) is 25.4 Å². The Morgan fingerprint density at radius 2 is 2.33 bits per heavy atom. The second-order valence-corrected chi connectivity index (χ2v) is 5.53. The number of carbonyl (C=O) groups is 1. The van der Waals surface area contributed by atoms with Crippen molar-refractivity contribution >= 4 is 29.3 Å². The highest BCUT2D eigenvalue weighted by molar-refractivity contribution is 8.01. The number of hydrogen-bond donors (Lipinski definition) is 1. The third kappa shape index (κ3) is 2.68. The second kappa shape index (κ2) is 5.45. The minimum absolute atomic E-state index is 0.232. The van der Waals surface area contributed by atoms with Gasteiger partial charge in [-0.15, -0.1) is 0 Å². The van der Waals surface area contributed by atoms with Crippen molar-refractivity contribution in [1.82, 2.24) is 14.3 Å². The van der Waals surface area contributed by atoms with Crippen LogP contribution in [0.3, 0.4) is 0 Å². The van der Waals surface area contributed by atoms with Crippen LogP contribution in [0.1, 0.15) is 28.7 Å². The molecule has 0 bridgehead atoms. The Labute approximate surface area is 112 Å². The second-order valence-electron chi connectivity index (χ2n) is 3.55. The third-order valence-corrected chi connectivity index (χ3v) is 4.08. The van der Waals surface area contributed by atoms with E-state index in [9.17, 15) is 9.90 Å². The third-order valence-electron chi connectivity index (χ3n) is 2.29. The summed E-state index contributed by atoms with van der Waals surface area (Å²) < 4.78 is 4.88. The van der Waals surface area contributed by atoms with Crippen LogP contribution in [0.4, 0.5) is 0 Å². The molecule has 2 aromatic heterocycles. The number of carboxylic acids is 1. The molecule has 2 aromatic rings. The summed E-state index contributed by atoms with van der Waals surface area (Å²) >= 11 is 2.51. The number of carboxylic acid groups (broad SMARTS) is 1. The molecule has 0 fully saturated rings. The van der Waals surface area contributed by atoms with Crippen molar-refractivity contribution < 1.29 is 9.90 Å². The average Bonchev–Trinajstić information content (AvgIpc) is 2.76. The number of hydrogen-bond acceptors (Lipinski definition) is 6. The molecule has 18 heavy (non-hydrogen) atoms. The average molecular weight is 281 g/mol. The molecule has 5 nitrogen and oxygen atoms in total. The Hall–Kier alpha value is -1.47. The van der Waals surface area contributed by atoms with E-state index in [1.165, 1.54) is 23.3 Å². The molecule has 1 N–H and O–H groups in total. The van der Waals surface area contributed by atoms with Gasteiger partial charge in [0.25, 0.3) is 0 Å². The minimum Gasteiger partial charge on any atom is -0.478 e. The molecule has 2 rings (SSSR count). The van der Waals surface area contributed by atoms with Gasteiger partial charge >= 0.3 is 5.97 Å². The number of pyridine rings is 1. The van der Waals surface area contributed by atoms with Crippen LogP contribution < -0.4 is 0 Å². The molecule has 0 aromatic carbocycles. The topological polar surface area (TPSA) is 76.0 Å². The van der Waals surface area contributed by atoms with Crippen molar-refractivity contribution in [2.24, 2.45) is 0 Å². The van der Waals surface area contributed by atoms with Crippen molar-refractivity contribution in [3.8, 4) is 0 Å². The van der Waals surface area contributed by atoms with Gasteiger partial charge in [-0.3, -0.25) is 0 Å². The van der Waals surface area contributed by atoms with Crippen LogP contribution in [0.15, 0.2) is 21.6 Å². The Balaban J connectivity index is 2.34. The van der Waals surface area contributed by atoms with Crippen molar-refractivity contribution in [1.29, 1.82) is 0 Å². The first-order valence-corrected chi connectivity index (χ1v) is 6.90. The number of nitrogens with zero attached hydrogens (tertiary/aromatic N) is 3. The maximum absolute atomic E-state index is 11.2. The molecule has 0 saturated carbocycles. The van der Waals surface area contributed by atoms with Gasteiger partial charge in [0.2, 0.25) is 0 Å².